The summed E-state index contributed by atoms with van der Waals surface area (Å²) in [5.41, 5.74) is 0. The van der Waals surface area contributed by atoms with Gasteiger partial charge in [0.2, 0.25) is 0 Å². The van der Waals surface area contributed by atoms with Gasteiger partial charge in [0.15, 0.2) is 0 Å². The van der Waals surface area contributed by atoms with Crippen LogP contribution in [-0.2, 0) is 0 Å². The largest absolute Gasteiger partial charge is 0.0885 e. The Morgan fingerprint density at radius 3 is 2.42 bits per heavy atom. The fourth-order valence-electron chi connectivity index (χ4n) is 1.21. The maximum atomic E-state index is 2.29. The highest BCUT2D eigenvalue weighted by Gasteiger charge is 1.84. The Morgan fingerprint density at radius 1 is 0.667 bits per heavy atom. The summed E-state index contributed by atoms with van der Waals surface area (Å²) < 4.78 is 0. The first-order valence-electron chi connectivity index (χ1n) is 4.80. The maximum absolute atomic E-state index is 2.29. The molecule has 0 heteroatoms. The molecule has 0 aromatic carbocycles. The van der Waals surface area contributed by atoms with Crippen LogP contribution in [0.2, 0.25) is 0 Å². The van der Waals surface area contributed by atoms with Crippen LogP contribution in [0.3, 0.4) is 0 Å². The van der Waals surface area contributed by atoms with Crippen molar-refractivity contribution in [1.29, 1.82) is 0 Å². The van der Waals surface area contributed by atoms with Gasteiger partial charge < -0.3 is 0 Å². The van der Waals surface area contributed by atoms with Crippen molar-refractivity contribution in [3.05, 3.63) is 42.9 Å². The van der Waals surface area contributed by atoms with E-state index in [1.54, 1.807) is 0 Å². The molecule has 0 N–H and O–H groups in total. The minimum absolute atomic E-state index is 1.07. The number of hydrogen-bond donors (Lipinski definition) is 0. The molecule has 0 aromatic rings. The fraction of sp³-hybridized carbons (Fsp3) is 0.417. The molecule has 12 heavy (non-hydrogen) atoms. The van der Waals surface area contributed by atoms with E-state index in [0.29, 0.717) is 0 Å². The standard InChI is InChI=1S/C12H17/c1-2-4-6-8-10-12-11-9-7-5-3-1/h1-5,8,10H,6-7,9,11-12H2/b2-1+,5-3-,10-8+. The smallest absolute Gasteiger partial charge is 0.0130 e. The average molecular weight is 161 g/mol. The Labute approximate surface area is 75.7 Å². The van der Waals surface area contributed by atoms with Gasteiger partial charge in [-0.25, -0.2) is 0 Å². The second-order valence-corrected chi connectivity index (χ2v) is 3.04. The topological polar surface area (TPSA) is 0 Å². The van der Waals surface area contributed by atoms with Crippen molar-refractivity contribution in [3.63, 3.8) is 0 Å². The molecule has 0 fully saturated rings. The van der Waals surface area contributed by atoms with Crippen LogP contribution in [-0.4, -0.2) is 0 Å². The minimum atomic E-state index is 1.07. The molecule has 0 amide bonds. The lowest BCUT2D eigenvalue weighted by Gasteiger charge is -1.94. The molecule has 0 atom stereocenters. The zero-order valence-electron chi connectivity index (χ0n) is 7.58. The van der Waals surface area contributed by atoms with Crippen LogP contribution >= 0.6 is 0 Å². The second kappa shape index (κ2) is 6.90. The molecular weight excluding hydrogens is 144 g/mol. The van der Waals surface area contributed by atoms with Gasteiger partial charge in [0.05, 0.1) is 0 Å². The van der Waals surface area contributed by atoms with Crippen LogP contribution in [0.5, 0.6) is 0 Å². The third-order valence-corrected chi connectivity index (χ3v) is 1.92. The normalized spacial score (nSPS) is 28.0. The summed E-state index contributed by atoms with van der Waals surface area (Å²) in [6, 6.07) is 0. The highest BCUT2D eigenvalue weighted by Crippen LogP contribution is 2.04. The van der Waals surface area contributed by atoms with Crippen LogP contribution in [0.1, 0.15) is 32.1 Å². The van der Waals surface area contributed by atoms with Crippen molar-refractivity contribution in [1.82, 2.24) is 0 Å². The monoisotopic (exact) mass is 161 g/mol. The molecule has 1 radical (unpaired) electrons. The van der Waals surface area contributed by atoms with Crippen molar-refractivity contribution in [2.75, 3.05) is 0 Å². The van der Waals surface area contributed by atoms with Gasteiger partial charge in [-0.05, 0) is 38.5 Å². The van der Waals surface area contributed by atoms with Gasteiger partial charge in [-0.15, -0.1) is 0 Å². The highest BCUT2D eigenvalue weighted by atomic mass is 13.9. The molecule has 0 bridgehead atoms. The van der Waals surface area contributed by atoms with Crippen molar-refractivity contribution in [2.45, 2.75) is 32.1 Å². The molecule has 1 aliphatic rings. The van der Waals surface area contributed by atoms with Crippen LogP contribution < -0.4 is 0 Å². The van der Waals surface area contributed by atoms with E-state index < -0.39 is 0 Å². The van der Waals surface area contributed by atoms with Gasteiger partial charge >= 0.3 is 0 Å². The van der Waals surface area contributed by atoms with E-state index in [9.17, 15) is 0 Å². The molecule has 1 rings (SSSR count). The lowest BCUT2D eigenvalue weighted by atomic mass is 10.1. The molecule has 0 heterocycles. The van der Waals surface area contributed by atoms with E-state index in [1.807, 2.05) is 0 Å². The van der Waals surface area contributed by atoms with Crippen molar-refractivity contribution in [3.8, 4) is 0 Å². The quantitative estimate of drug-likeness (QED) is 0.474. The van der Waals surface area contributed by atoms with E-state index in [2.05, 4.69) is 42.9 Å². The third-order valence-electron chi connectivity index (χ3n) is 1.92. The Bertz CT molecular complexity index is 172. The SMILES string of the molecule is [CH]1/C=C/C=C\CCCC/C=C/C1. The number of rotatable bonds is 0. The molecule has 0 aromatic heterocycles. The van der Waals surface area contributed by atoms with E-state index in [1.165, 1.54) is 25.7 Å². The zero-order valence-corrected chi connectivity index (χ0v) is 7.58. The summed E-state index contributed by atoms with van der Waals surface area (Å²) in [6.07, 6.45) is 21.5. The zero-order chi connectivity index (χ0) is 8.49. The second-order valence-electron chi connectivity index (χ2n) is 3.04. The fourth-order valence-corrected chi connectivity index (χ4v) is 1.21. The Hall–Kier alpha value is -0.780. The Morgan fingerprint density at radius 2 is 1.50 bits per heavy atom. The van der Waals surface area contributed by atoms with Gasteiger partial charge in [-0.2, -0.15) is 0 Å². The molecule has 1 aliphatic carbocycles. The summed E-state index contributed by atoms with van der Waals surface area (Å²) in [5, 5.41) is 0. The first-order chi connectivity index (χ1) is 6.00. The van der Waals surface area contributed by atoms with Crippen LogP contribution in [0.25, 0.3) is 0 Å². The molecule has 0 unspecified atom stereocenters. The molecule has 0 saturated carbocycles. The summed E-state index contributed by atoms with van der Waals surface area (Å²) in [5.74, 6) is 0. The average Bonchev–Trinajstić information content (AvgIpc) is 2.05. The molecule has 0 aliphatic heterocycles. The third kappa shape index (κ3) is 4.95. The van der Waals surface area contributed by atoms with Crippen LogP contribution in [0.15, 0.2) is 36.5 Å². The number of allylic oxidation sites excluding steroid dienone is 6. The Kier molecular flexibility index (Phi) is 5.35. The first-order valence-corrected chi connectivity index (χ1v) is 4.80. The minimum Gasteiger partial charge on any atom is -0.0885 e. The van der Waals surface area contributed by atoms with Gasteiger partial charge in [0, 0.05) is 0 Å². The predicted molar refractivity (Wildman–Crippen MR) is 54.8 cm³/mol. The van der Waals surface area contributed by atoms with Crippen molar-refractivity contribution < 1.29 is 0 Å². The lowest BCUT2D eigenvalue weighted by molar-refractivity contribution is 0.761. The summed E-state index contributed by atoms with van der Waals surface area (Å²) in [7, 11) is 0. The van der Waals surface area contributed by atoms with Gasteiger partial charge in [0.25, 0.3) is 0 Å². The molecule has 0 nitrogen and oxygen atoms in total. The van der Waals surface area contributed by atoms with E-state index in [-0.39, 0.29) is 0 Å². The molecule has 65 valence electrons. The molecule has 0 spiro atoms. The van der Waals surface area contributed by atoms with Crippen molar-refractivity contribution >= 4 is 0 Å². The molecular formula is C12H17. The van der Waals surface area contributed by atoms with E-state index in [0.717, 1.165) is 6.42 Å². The van der Waals surface area contributed by atoms with E-state index >= 15 is 0 Å². The lowest BCUT2D eigenvalue weighted by Crippen LogP contribution is -1.74. The summed E-state index contributed by atoms with van der Waals surface area (Å²) >= 11 is 0. The van der Waals surface area contributed by atoms with E-state index in [4.69, 9.17) is 0 Å². The highest BCUT2D eigenvalue weighted by molar-refractivity contribution is 5.09. The van der Waals surface area contributed by atoms with Crippen LogP contribution in [0.4, 0.5) is 0 Å². The Balaban J connectivity index is 2.31. The van der Waals surface area contributed by atoms with Crippen molar-refractivity contribution in [2.24, 2.45) is 0 Å². The number of hydrogen-bond acceptors (Lipinski definition) is 0. The first kappa shape index (κ1) is 9.31. The predicted octanol–water partition coefficient (Wildman–Crippen LogP) is 3.82. The van der Waals surface area contributed by atoms with Gasteiger partial charge in [-0.3, -0.25) is 0 Å². The van der Waals surface area contributed by atoms with Gasteiger partial charge in [0.1, 0.15) is 0 Å². The van der Waals surface area contributed by atoms with Gasteiger partial charge in [-0.1, -0.05) is 36.5 Å². The summed E-state index contributed by atoms with van der Waals surface area (Å²) in [6.45, 7) is 0. The maximum Gasteiger partial charge on any atom is -0.0130 e. The van der Waals surface area contributed by atoms with Crippen LogP contribution in [0, 0.1) is 6.42 Å². The molecule has 0 saturated heterocycles. The summed E-state index contributed by atoms with van der Waals surface area (Å²) in [4.78, 5) is 0.